The molecule has 0 amide bonds. The van der Waals surface area contributed by atoms with Crippen LogP contribution in [-0.4, -0.2) is 29.3 Å². The van der Waals surface area contributed by atoms with Crippen LogP contribution < -0.4 is 0 Å². The van der Waals surface area contributed by atoms with Crippen LogP contribution in [0.5, 0.6) is 0 Å². The summed E-state index contributed by atoms with van der Waals surface area (Å²) < 4.78 is 0. The van der Waals surface area contributed by atoms with Crippen molar-refractivity contribution in [3.05, 3.63) is 0 Å². The van der Waals surface area contributed by atoms with Gasteiger partial charge in [0.05, 0.1) is 6.61 Å². The van der Waals surface area contributed by atoms with Crippen molar-refractivity contribution in [3.8, 4) is 0 Å². The van der Waals surface area contributed by atoms with Gasteiger partial charge in [0.2, 0.25) is 0 Å². The number of rotatable bonds is 1. The van der Waals surface area contributed by atoms with Crippen LogP contribution in [0.3, 0.4) is 0 Å². The van der Waals surface area contributed by atoms with Gasteiger partial charge in [-0.1, -0.05) is 15.9 Å². The summed E-state index contributed by atoms with van der Waals surface area (Å²) in [5.74, 6) is 0. The van der Waals surface area contributed by atoms with Crippen LogP contribution in [0.4, 0.5) is 0 Å². The topological polar surface area (TPSA) is 40.5 Å². The van der Waals surface area contributed by atoms with Gasteiger partial charge in [0.1, 0.15) is 0 Å². The van der Waals surface area contributed by atoms with Crippen molar-refractivity contribution in [1.82, 2.24) is 0 Å². The third-order valence-corrected chi connectivity index (χ3v) is 0.439. The van der Waals surface area contributed by atoms with Gasteiger partial charge in [-0.3, -0.25) is 0 Å². The first-order valence-electron chi connectivity index (χ1n) is 1.53. The normalized spacial score (nSPS) is 6.00. The molecule has 0 unspecified atom stereocenters. The Bertz CT molecular complexity index is 10.8. The lowest BCUT2D eigenvalue weighted by atomic mass is 10.9. The molecule has 40 valence electrons. The number of aliphatic hydroxyl groups excluding tert-OH is 2. The maximum atomic E-state index is 7.83. The van der Waals surface area contributed by atoms with E-state index in [1.54, 1.807) is 0 Å². The number of alkyl halides is 1. The van der Waals surface area contributed by atoms with Gasteiger partial charge >= 0.3 is 0 Å². The van der Waals surface area contributed by atoms with Crippen molar-refractivity contribution in [2.75, 3.05) is 19.0 Å². The smallest absolute Gasteiger partial charge is 0.0528 e. The molecule has 0 rings (SSSR count). The maximum Gasteiger partial charge on any atom is 0.0528 e. The monoisotopic (exact) mass is 156 g/mol. The number of hydrogen-bond donors (Lipinski definition) is 2. The van der Waals surface area contributed by atoms with Crippen molar-refractivity contribution in [2.24, 2.45) is 0 Å². The summed E-state index contributed by atoms with van der Waals surface area (Å²) in [6.45, 7) is 0.236. The SMILES string of the molecule is CO.OCCBr. The first-order valence-corrected chi connectivity index (χ1v) is 2.65. The Morgan fingerprint density at radius 1 is 1.50 bits per heavy atom. The van der Waals surface area contributed by atoms with Gasteiger partial charge in [-0.05, 0) is 0 Å². The lowest BCUT2D eigenvalue weighted by Crippen LogP contribution is -1.75. The average Bonchev–Trinajstić information content (AvgIpc) is 1.72. The molecule has 0 bridgehead atoms. The van der Waals surface area contributed by atoms with E-state index in [0.717, 1.165) is 7.11 Å². The highest BCUT2D eigenvalue weighted by molar-refractivity contribution is 9.09. The van der Waals surface area contributed by atoms with E-state index in [-0.39, 0.29) is 6.61 Å². The molecule has 0 saturated heterocycles. The molecular formula is C3H9BrO2. The zero-order valence-corrected chi connectivity index (χ0v) is 5.27. The van der Waals surface area contributed by atoms with Crippen molar-refractivity contribution < 1.29 is 10.2 Å². The Labute approximate surface area is 45.9 Å². The van der Waals surface area contributed by atoms with Crippen molar-refractivity contribution >= 4 is 15.9 Å². The van der Waals surface area contributed by atoms with Gasteiger partial charge in [-0.2, -0.15) is 0 Å². The standard InChI is InChI=1S/C2H5BrO.CH4O/c3-1-2-4;1-2/h4H,1-2H2;2H,1H3. The molecule has 2 nitrogen and oxygen atoms in total. The average molecular weight is 157 g/mol. The predicted octanol–water partition coefficient (Wildman–Crippen LogP) is -0.0179. The van der Waals surface area contributed by atoms with Gasteiger partial charge in [0.15, 0.2) is 0 Å². The highest BCUT2D eigenvalue weighted by atomic mass is 79.9. The molecule has 0 heterocycles. The summed E-state index contributed by atoms with van der Waals surface area (Å²) in [4.78, 5) is 0. The van der Waals surface area contributed by atoms with E-state index >= 15 is 0 Å². The molecule has 0 aliphatic heterocycles. The number of halogens is 1. The highest BCUT2D eigenvalue weighted by Crippen LogP contribution is 1.69. The summed E-state index contributed by atoms with van der Waals surface area (Å²) in [5, 5.41) is 15.5. The molecule has 0 atom stereocenters. The minimum Gasteiger partial charge on any atom is -0.400 e. The molecule has 0 saturated carbocycles. The van der Waals surface area contributed by atoms with Gasteiger partial charge < -0.3 is 10.2 Å². The van der Waals surface area contributed by atoms with Crippen LogP contribution in [-0.2, 0) is 0 Å². The van der Waals surface area contributed by atoms with Gasteiger partial charge in [-0.15, -0.1) is 0 Å². The zero-order chi connectivity index (χ0) is 5.41. The molecule has 0 spiro atoms. The van der Waals surface area contributed by atoms with Crippen LogP contribution in [0.1, 0.15) is 0 Å². The summed E-state index contributed by atoms with van der Waals surface area (Å²) in [7, 11) is 1.00. The minimum atomic E-state index is 0.236. The van der Waals surface area contributed by atoms with Gasteiger partial charge in [0, 0.05) is 12.4 Å². The summed E-state index contributed by atoms with van der Waals surface area (Å²) >= 11 is 3.00. The Kier molecular flexibility index (Phi) is 29.2. The number of hydrogen-bond acceptors (Lipinski definition) is 2. The third kappa shape index (κ3) is 26.0. The molecule has 3 heteroatoms. The second-order valence-corrected chi connectivity index (χ2v) is 1.21. The van der Waals surface area contributed by atoms with Crippen LogP contribution in [0.25, 0.3) is 0 Å². The molecule has 0 radical (unpaired) electrons. The van der Waals surface area contributed by atoms with Crippen LogP contribution in [0.2, 0.25) is 0 Å². The maximum absolute atomic E-state index is 7.83. The molecule has 0 aliphatic carbocycles. The largest absolute Gasteiger partial charge is 0.400 e. The molecule has 0 aliphatic rings. The Hall–Kier alpha value is 0.400. The van der Waals surface area contributed by atoms with Crippen LogP contribution >= 0.6 is 15.9 Å². The fourth-order valence-corrected chi connectivity index (χ4v) is 0. The molecule has 0 aromatic carbocycles. The van der Waals surface area contributed by atoms with E-state index in [2.05, 4.69) is 15.9 Å². The first-order chi connectivity index (χ1) is 2.91. The van der Waals surface area contributed by atoms with E-state index in [0.29, 0.717) is 5.33 Å². The quantitative estimate of drug-likeness (QED) is 0.525. The Balaban J connectivity index is 0. The van der Waals surface area contributed by atoms with Crippen LogP contribution in [0.15, 0.2) is 0 Å². The summed E-state index contributed by atoms with van der Waals surface area (Å²) in [5.41, 5.74) is 0. The lowest BCUT2D eigenvalue weighted by Gasteiger charge is -1.67. The number of aliphatic hydroxyl groups is 2. The Morgan fingerprint density at radius 2 is 1.67 bits per heavy atom. The van der Waals surface area contributed by atoms with E-state index in [1.165, 1.54) is 0 Å². The second-order valence-electron chi connectivity index (χ2n) is 0.413. The molecule has 0 aromatic heterocycles. The fourth-order valence-electron chi connectivity index (χ4n) is 0. The van der Waals surface area contributed by atoms with Gasteiger partial charge in [-0.25, -0.2) is 0 Å². The minimum absolute atomic E-state index is 0.236. The van der Waals surface area contributed by atoms with Crippen LogP contribution in [0, 0.1) is 0 Å². The zero-order valence-electron chi connectivity index (χ0n) is 3.69. The first kappa shape index (κ1) is 9.64. The lowest BCUT2D eigenvalue weighted by molar-refractivity contribution is 0.324. The van der Waals surface area contributed by atoms with E-state index in [9.17, 15) is 0 Å². The highest BCUT2D eigenvalue weighted by Gasteiger charge is 1.59. The second kappa shape index (κ2) is 18.2. The molecule has 2 N–H and O–H groups in total. The summed E-state index contributed by atoms with van der Waals surface area (Å²) in [6.07, 6.45) is 0. The van der Waals surface area contributed by atoms with Crippen molar-refractivity contribution in [1.29, 1.82) is 0 Å². The molecule has 0 aromatic rings. The van der Waals surface area contributed by atoms with E-state index in [1.807, 2.05) is 0 Å². The molecular weight excluding hydrogens is 148 g/mol. The molecule has 6 heavy (non-hydrogen) atoms. The third-order valence-electron chi connectivity index (χ3n) is 0.0845. The van der Waals surface area contributed by atoms with E-state index in [4.69, 9.17) is 10.2 Å². The summed E-state index contributed by atoms with van der Waals surface area (Å²) in [6, 6.07) is 0. The van der Waals surface area contributed by atoms with Crippen molar-refractivity contribution in [2.45, 2.75) is 0 Å². The fraction of sp³-hybridized carbons (Fsp3) is 1.00. The van der Waals surface area contributed by atoms with Crippen molar-refractivity contribution in [3.63, 3.8) is 0 Å². The van der Waals surface area contributed by atoms with E-state index < -0.39 is 0 Å². The Morgan fingerprint density at radius 3 is 1.67 bits per heavy atom. The van der Waals surface area contributed by atoms with Gasteiger partial charge in [0.25, 0.3) is 0 Å². The molecule has 0 fully saturated rings. The predicted molar refractivity (Wildman–Crippen MR) is 29.0 cm³/mol.